The Hall–Kier alpha value is -2.90. The molecular formula is C26H26N4OS2. The molecule has 4 aromatic rings. The molecule has 1 unspecified atom stereocenters. The molecule has 5 rings (SSSR count). The average Bonchev–Trinajstić information content (AvgIpc) is 3.28. The van der Waals surface area contributed by atoms with Gasteiger partial charge in [0.05, 0.1) is 28.5 Å². The molecule has 168 valence electrons. The summed E-state index contributed by atoms with van der Waals surface area (Å²) in [5.74, 6) is 1.81. The minimum absolute atomic E-state index is 0.0368. The molecule has 2 N–H and O–H groups in total. The van der Waals surface area contributed by atoms with Gasteiger partial charge in [0.15, 0.2) is 0 Å². The predicted octanol–water partition coefficient (Wildman–Crippen LogP) is 6.17. The molecule has 1 atom stereocenters. The smallest absolute Gasteiger partial charge is 0.222 e. The fourth-order valence-electron chi connectivity index (χ4n) is 4.15. The number of aromatic nitrogens is 2. The number of amides is 1. The molecule has 0 saturated carbocycles. The van der Waals surface area contributed by atoms with Gasteiger partial charge < -0.3 is 15.2 Å². The first-order valence-electron chi connectivity index (χ1n) is 11.1. The van der Waals surface area contributed by atoms with Gasteiger partial charge in [0.1, 0.15) is 5.82 Å². The van der Waals surface area contributed by atoms with Crippen LogP contribution in [0.15, 0.2) is 82.6 Å². The van der Waals surface area contributed by atoms with Crippen LogP contribution >= 0.6 is 23.5 Å². The van der Waals surface area contributed by atoms with Crippen LogP contribution in [0.3, 0.4) is 0 Å². The number of imidazole rings is 1. The standard InChI is InChI=1S/C26H26N4OS2/c1-32-17-15-20(26-28-18-8-2-3-9-19(18)29-26)27-25(31)14-16-30-21-10-4-6-12-23(21)33-24-13-7-5-11-22(24)30/h2-13,20H,14-17H2,1H3,(H,27,31)(H,28,29). The van der Waals surface area contributed by atoms with Crippen molar-refractivity contribution in [1.29, 1.82) is 0 Å². The Kier molecular flexibility index (Phi) is 6.60. The van der Waals surface area contributed by atoms with Gasteiger partial charge in [0.25, 0.3) is 0 Å². The molecule has 0 saturated heterocycles. The van der Waals surface area contributed by atoms with Crippen LogP contribution in [0.1, 0.15) is 24.7 Å². The predicted molar refractivity (Wildman–Crippen MR) is 139 cm³/mol. The summed E-state index contributed by atoms with van der Waals surface area (Å²) in [5, 5.41) is 3.24. The number of carbonyl (C=O) groups is 1. The fourth-order valence-corrected chi connectivity index (χ4v) is 5.72. The van der Waals surface area contributed by atoms with Crippen molar-refractivity contribution < 1.29 is 4.79 Å². The number of anilines is 2. The lowest BCUT2D eigenvalue weighted by Gasteiger charge is -2.32. The summed E-state index contributed by atoms with van der Waals surface area (Å²) in [7, 11) is 0. The zero-order valence-electron chi connectivity index (χ0n) is 18.5. The molecule has 1 aliphatic heterocycles. The Labute approximate surface area is 202 Å². The van der Waals surface area contributed by atoms with Crippen molar-refractivity contribution in [2.24, 2.45) is 0 Å². The van der Waals surface area contributed by atoms with E-state index in [-0.39, 0.29) is 11.9 Å². The van der Waals surface area contributed by atoms with Crippen LogP contribution in [-0.4, -0.2) is 34.4 Å². The number of fused-ring (bicyclic) bond motifs is 3. The van der Waals surface area contributed by atoms with Crippen LogP contribution in [0.4, 0.5) is 11.4 Å². The second-order valence-electron chi connectivity index (χ2n) is 7.98. The van der Waals surface area contributed by atoms with Gasteiger partial charge in [0.2, 0.25) is 5.91 Å². The zero-order valence-corrected chi connectivity index (χ0v) is 20.1. The van der Waals surface area contributed by atoms with E-state index in [1.165, 1.54) is 9.79 Å². The number of aromatic amines is 1. The molecule has 0 spiro atoms. The maximum atomic E-state index is 13.1. The van der Waals surface area contributed by atoms with Crippen molar-refractivity contribution in [1.82, 2.24) is 15.3 Å². The minimum atomic E-state index is -0.131. The highest BCUT2D eigenvalue weighted by atomic mass is 32.2. The van der Waals surface area contributed by atoms with Gasteiger partial charge in [-0.3, -0.25) is 4.79 Å². The molecule has 1 aromatic heterocycles. The molecule has 0 aliphatic carbocycles. The van der Waals surface area contributed by atoms with Gasteiger partial charge in [-0.15, -0.1) is 0 Å². The number of thioether (sulfide) groups is 1. The summed E-state index contributed by atoms with van der Waals surface area (Å²) in [4.78, 5) is 25.9. The molecule has 1 aliphatic rings. The molecule has 0 radical (unpaired) electrons. The quantitative estimate of drug-likeness (QED) is 0.320. The van der Waals surface area contributed by atoms with E-state index in [4.69, 9.17) is 4.98 Å². The van der Waals surface area contributed by atoms with E-state index >= 15 is 0 Å². The van der Waals surface area contributed by atoms with Gasteiger partial charge in [-0.25, -0.2) is 4.98 Å². The van der Waals surface area contributed by atoms with Crippen molar-refractivity contribution >= 4 is 51.8 Å². The summed E-state index contributed by atoms with van der Waals surface area (Å²) < 4.78 is 0. The van der Waals surface area contributed by atoms with E-state index in [2.05, 4.69) is 70.0 Å². The first-order valence-corrected chi connectivity index (χ1v) is 13.3. The second-order valence-corrected chi connectivity index (χ2v) is 10.0. The minimum Gasteiger partial charge on any atom is -0.346 e. The number of para-hydroxylation sites is 4. The molecule has 0 bridgehead atoms. The van der Waals surface area contributed by atoms with Gasteiger partial charge >= 0.3 is 0 Å². The lowest BCUT2D eigenvalue weighted by Crippen LogP contribution is -2.33. The van der Waals surface area contributed by atoms with Crippen molar-refractivity contribution in [3.63, 3.8) is 0 Å². The number of benzene rings is 3. The highest BCUT2D eigenvalue weighted by molar-refractivity contribution is 7.99. The Balaban J connectivity index is 1.32. The Morgan fingerprint density at radius 3 is 2.39 bits per heavy atom. The number of H-pyrrole nitrogens is 1. The van der Waals surface area contributed by atoms with Crippen LogP contribution in [0, 0.1) is 0 Å². The lowest BCUT2D eigenvalue weighted by atomic mass is 10.2. The van der Waals surface area contributed by atoms with E-state index < -0.39 is 0 Å². The number of carbonyl (C=O) groups excluding carboxylic acids is 1. The van der Waals surface area contributed by atoms with Crippen LogP contribution in [-0.2, 0) is 4.79 Å². The van der Waals surface area contributed by atoms with Gasteiger partial charge in [-0.05, 0) is 54.8 Å². The van der Waals surface area contributed by atoms with Crippen LogP contribution in [0.5, 0.6) is 0 Å². The van der Waals surface area contributed by atoms with Crippen LogP contribution in [0.2, 0.25) is 0 Å². The van der Waals surface area contributed by atoms with Crippen LogP contribution < -0.4 is 10.2 Å². The summed E-state index contributed by atoms with van der Waals surface area (Å²) in [6.07, 6.45) is 3.32. The zero-order chi connectivity index (χ0) is 22.6. The Bertz CT molecular complexity index is 1190. The largest absolute Gasteiger partial charge is 0.346 e. The first kappa shape index (κ1) is 21.9. The summed E-state index contributed by atoms with van der Waals surface area (Å²) in [6.45, 7) is 0.621. The molecule has 33 heavy (non-hydrogen) atoms. The van der Waals surface area contributed by atoms with Gasteiger partial charge in [-0.2, -0.15) is 11.8 Å². The van der Waals surface area contributed by atoms with Crippen LogP contribution in [0.25, 0.3) is 11.0 Å². The van der Waals surface area contributed by atoms with E-state index in [1.807, 2.05) is 24.3 Å². The van der Waals surface area contributed by atoms with Gasteiger partial charge in [0, 0.05) is 22.8 Å². The monoisotopic (exact) mass is 474 g/mol. The van der Waals surface area contributed by atoms with E-state index in [9.17, 15) is 4.79 Å². The summed E-state index contributed by atoms with van der Waals surface area (Å²) >= 11 is 3.56. The van der Waals surface area contributed by atoms with Crippen molar-refractivity contribution in [2.45, 2.75) is 28.7 Å². The Morgan fingerprint density at radius 1 is 1.03 bits per heavy atom. The Morgan fingerprint density at radius 2 is 1.70 bits per heavy atom. The highest BCUT2D eigenvalue weighted by Crippen LogP contribution is 2.47. The van der Waals surface area contributed by atoms with Crippen molar-refractivity contribution in [3.05, 3.63) is 78.6 Å². The summed E-state index contributed by atoms with van der Waals surface area (Å²) in [5.41, 5.74) is 4.24. The number of hydrogen-bond acceptors (Lipinski definition) is 5. The first-order chi connectivity index (χ1) is 16.2. The number of hydrogen-bond donors (Lipinski definition) is 2. The topological polar surface area (TPSA) is 61.0 Å². The van der Waals surface area contributed by atoms with Gasteiger partial charge in [-0.1, -0.05) is 48.2 Å². The third kappa shape index (κ3) is 4.75. The molecule has 7 heteroatoms. The molecule has 3 aromatic carbocycles. The fraction of sp³-hybridized carbons (Fsp3) is 0.231. The summed E-state index contributed by atoms with van der Waals surface area (Å²) in [6, 6.07) is 24.6. The molecule has 1 amide bonds. The van der Waals surface area contributed by atoms with E-state index in [0.29, 0.717) is 13.0 Å². The lowest BCUT2D eigenvalue weighted by molar-refractivity contribution is -0.121. The second kappa shape index (κ2) is 9.93. The third-order valence-corrected chi connectivity index (χ3v) is 7.55. The maximum Gasteiger partial charge on any atom is 0.222 e. The highest BCUT2D eigenvalue weighted by Gasteiger charge is 2.24. The van der Waals surface area contributed by atoms with Crippen molar-refractivity contribution in [3.8, 4) is 0 Å². The molecular weight excluding hydrogens is 448 g/mol. The van der Waals surface area contributed by atoms with E-state index in [0.717, 1.165) is 40.4 Å². The van der Waals surface area contributed by atoms with Crippen molar-refractivity contribution in [2.75, 3.05) is 23.5 Å². The average molecular weight is 475 g/mol. The SMILES string of the molecule is CSCCC(NC(=O)CCN1c2ccccc2Sc2ccccc21)c1nc2ccccc2[nH]1. The molecule has 0 fully saturated rings. The number of nitrogens with zero attached hydrogens (tertiary/aromatic N) is 2. The maximum absolute atomic E-state index is 13.1. The van der Waals surface area contributed by atoms with E-state index in [1.54, 1.807) is 23.5 Å². The number of nitrogens with one attached hydrogen (secondary N) is 2. The number of rotatable bonds is 8. The molecule has 5 nitrogen and oxygen atoms in total. The molecule has 2 heterocycles. The third-order valence-electron chi connectivity index (χ3n) is 5.78. The normalized spacial score (nSPS) is 13.4.